The van der Waals surface area contributed by atoms with Crippen molar-refractivity contribution in [1.29, 1.82) is 0 Å². The largest absolute Gasteiger partial charge is 0.368 e. The van der Waals surface area contributed by atoms with Crippen LogP contribution < -0.4 is 0 Å². The van der Waals surface area contributed by atoms with E-state index in [0.29, 0.717) is 24.9 Å². The lowest BCUT2D eigenvalue weighted by Gasteiger charge is -2.25. The van der Waals surface area contributed by atoms with Crippen LogP contribution in [0.2, 0.25) is 0 Å². The molecule has 1 fully saturated rings. The van der Waals surface area contributed by atoms with Gasteiger partial charge in [0, 0.05) is 25.6 Å². The van der Waals surface area contributed by atoms with Gasteiger partial charge in [-0.15, -0.1) is 11.6 Å². The molecule has 15 heavy (non-hydrogen) atoms. The van der Waals surface area contributed by atoms with Gasteiger partial charge in [-0.3, -0.25) is 4.79 Å². The molecule has 0 aliphatic carbocycles. The van der Waals surface area contributed by atoms with E-state index in [-0.39, 0.29) is 12.0 Å². The molecule has 1 heterocycles. The smallest absolute Gasteiger partial charge is 0.252 e. The first-order chi connectivity index (χ1) is 7.20. The van der Waals surface area contributed by atoms with E-state index in [1.165, 1.54) is 0 Å². The Labute approximate surface area is 96.7 Å². The van der Waals surface area contributed by atoms with Crippen LogP contribution >= 0.6 is 11.6 Å². The summed E-state index contributed by atoms with van der Waals surface area (Å²) in [5, 5.41) is 0. The van der Waals surface area contributed by atoms with E-state index in [1.807, 2.05) is 4.90 Å². The lowest BCUT2D eigenvalue weighted by atomic mass is 10.0. The van der Waals surface area contributed by atoms with Crippen molar-refractivity contribution in [2.24, 2.45) is 5.92 Å². The van der Waals surface area contributed by atoms with Gasteiger partial charge in [-0.05, 0) is 18.8 Å². The van der Waals surface area contributed by atoms with Crippen molar-refractivity contribution in [1.82, 2.24) is 4.90 Å². The zero-order valence-electron chi connectivity index (χ0n) is 9.54. The summed E-state index contributed by atoms with van der Waals surface area (Å²) in [5.74, 6) is 0.946. The molecule has 0 aromatic heterocycles. The van der Waals surface area contributed by atoms with Crippen LogP contribution in [0, 0.1) is 5.92 Å². The second-order valence-electron chi connectivity index (χ2n) is 4.07. The standard InChI is InChI=1S/C11H20ClNO2/c1-3-6-13(7-5-12)11(14)10-9(2)4-8-15-10/h9-10H,3-8H2,1-2H3. The summed E-state index contributed by atoms with van der Waals surface area (Å²) in [6.07, 6.45) is 1.71. The molecule has 1 saturated heterocycles. The van der Waals surface area contributed by atoms with Gasteiger partial charge >= 0.3 is 0 Å². The van der Waals surface area contributed by atoms with Crippen LogP contribution in [0.1, 0.15) is 26.7 Å². The number of hydrogen-bond acceptors (Lipinski definition) is 2. The van der Waals surface area contributed by atoms with E-state index in [9.17, 15) is 4.79 Å². The monoisotopic (exact) mass is 233 g/mol. The normalized spacial score (nSPS) is 25.5. The Hall–Kier alpha value is -0.280. The van der Waals surface area contributed by atoms with Crippen LogP contribution in [0.3, 0.4) is 0 Å². The van der Waals surface area contributed by atoms with Crippen molar-refractivity contribution >= 4 is 17.5 Å². The van der Waals surface area contributed by atoms with Gasteiger partial charge in [0.25, 0.3) is 5.91 Å². The molecule has 1 aliphatic heterocycles. The second kappa shape index (κ2) is 6.33. The highest BCUT2D eigenvalue weighted by Crippen LogP contribution is 2.22. The number of carbonyl (C=O) groups excluding carboxylic acids is 1. The highest BCUT2D eigenvalue weighted by Gasteiger charge is 2.33. The molecule has 2 unspecified atom stereocenters. The Kier molecular flexibility index (Phi) is 5.40. The van der Waals surface area contributed by atoms with Crippen LogP contribution in [-0.2, 0) is 9.53 Å². The topological polar surface area (TPSA) is 29.5 Å². The summed E-state index contributed by atoms with van der Waals surface area (Å²) in [7, 11) is 0. The first-order valence-corrected chi connectivity index (χ1v) is 6.20. The van der Waals surface area contributed by atoms with Crippen LogP contribution in [0.4, 0.5) is 0 Å². The number of nitrogens with zero attached hydrogens (tertiary/aromatic N) is 1. The molecule has 4 heteroatoms. The molecule has 0 spiro atoms. The molecule has 1 aliphatic rings. The van der Waals surface area contributed by atoms with Gasteiger partial charge in [0.1, 0.15) is 6.10 Å². The molecule has 0 N–H and O–H groups in total. The second-order valence-corrected chi connectivity index (χ2v) is 4.45. The van der Waals surface area contributed by atoms with Crippen molar-refractivity contribution < 1.29 is 9.53 Å². The molecule has 0 bridgehead atoms. The lowest BCUT2D eigenvalue weighted by molar-refractivity contribution is -0.142. The van der Waals surface area contributed by atoms with Gasteiger partial charge in [-0.25, -0.2) is 0 Å². The number of alkyl halides is 1. The van der Waals surface area contributed by atoms with Crippen LogP contribution in [-0.4, -0.2) is 42.5 Å². The Morgan fingerprint density at radius 2 is 2.27 bits per heavy atom. The Morgan fingerprint density at radius 3 is 2.73 bits per heavy atom. The molecule has 0 aromatic carbocycles. The molecular weight excluding hydrogens is 214 g/mol. The minimum Gasteiger partial charge on any atom is -0.368 e. The van der Waals surface area contributed by atoms with E-state index >= 15 is 0 Å². The van der Waals surface area contributed by atoms with E-state index < -0.39 is 0 Å². The van der Waals surface area contributed by atoms with Gasteiger partial charge in [-0.1, -0.05) is 13.8 Å². The van der Waals surface area contributed by atoms with E-state index in [4.69, 9.17) is 16.3 Å². The first kappa shape index (κ1) is 12.8. The van der Waals surface area contributed by atoms with Gasteiger partial charge in [0.2, 0.25) is 0 Å². The molecule has 3 nitrogen and oxygen atoms in total. The van der Waals surface area contributed by atoms with Gasteiger partial charge < -0.3 is 9.64 Å². The van der Waals surface area contributed by atoms with Gasteiger partial charge in [0.15, 0.2) is 0 Å². The molecule has 2 atom stereocenters. The molecular formula is C11H20ClNO2. The minimum absolute atomic E-state index is 0.113. The summed E-state index contributed by atoms with van der Waals surface area (Å²) in [6, 6.07) is 0. The summed E-state index contributed by atoms with van der Waals surface area (Å²) < 4.78 is 5.47. The number of ether oxygens (including phenoxy) is 1. The number of hydrogen-bond donors (Lipinski definition) is 0. The summed E-state index contributed by atoms with van der Waals surface area (Å²) in [5.41, 5.74) is 0. The van der Waals surface area contributed by atoms with Crippen molar-refractivity contribution in [3.63, 3.8) is 0 Å². The molecule has 1 rings (SSSR count). The predicted octanol–water partition coefficient (Wildman–Crippen LogP) is 1.89. The maximum Gasteiger partial charge on any atom is 0.252 e. The van der Waals surface area contributed by atoms with Crippen LogP contribution in [0.15, 0.2) is 0 Å². The average molecular weight is 234 g/mol. The fraction of sp³-hybridized carbons (Fsp3) is 0.909. The predicted molar refractivity (Wildman–Crippen MR) is 61.1 cm³/mol. The zero-order chi connectivity index (χ0) is 11.3. The fourth-order valence-electron chi connectivity index (χ4n) is 1.90. The zero-order valence-corrected chi connectivity index (χ0v) is 10.3. The van der Waals surface area contributed by atoms with E-state index in [2.05, 4.69) is 13.8 Å². The Balaban J connectivity index is 2.54. The third-order valence-corrected chi connectivity index (χ3v) is 2.96. The number of amides is 1. The maximum absolute atomic E-state index is 12.1. The average Bonchev–Trinajstić information content (AvgIpc) is 2.63. The number of rotatable bonds is 5. The molecule has 88 valence electrons. The Morgan fingerprint density at radius 1 is 1.53 bits per heavy atom. The SMILES string of the molecule is CCCN(CCCl)C(=O)C1OCCC1C. The Bertz CT molecular complexity index is 205. The maximum atomic E-state index is 12.1. The summed E-state index contributed by atoms with van der Waals surface area (Å²) in [4.78, 5) is 13.9. The molecule has 0 saturated carbocycles. The molecule has 1 amide bonds. The van der Waals surface area contributed by atoms with Crippen molar-refractivity contribution in [2.45, 2.75) is 32.8 Å². The summed E-state index contributed by atoms with van der Waals surface area (Å²) in [6.45, 7) is 6.24. The molecule has 0 aromatic rings. The highest BCUT2D eigenvalue weighted by atomic mass is 35.5. The third kappa shape index (κ3) is 3.35. The number of halogens is 1. The molecule has 0 radical (unpaired) electrons. The fourth-order valence-corrected chi connectivity index (χ4v) is 2.10. The lowest BCUT2D eigenvalue weighted by Crippen LogP contribution is -2.42. The van der Waals surface area contributed by atoms with Crippen molar-refractivity contribution in [2.75, 3.05) is 25.6 Å². The van der Waals surface area contributed by atoms with Crippen LogP contribution in [0.25, 0.3) is 0 Å². The van der Waals surface area contributed by atoms with E-state index in [0.717, 1.165) is 19.4 Å². The quantitative estimate of drug-likeness (QED) is 0.679. The third-order valence-electron chi connectivity index (χ3n) is 2.79. The van der Waals surface area contributed by atoms with Gasteiger partial charge in [0.05, 0.1) is 0 Å². The minimum atomic E-state index is -0.236. The van der Waals surface area contributed by atoms with E-state index in [1.54, 1.807) is 0 Å². The summed E-state index contributed by atoms with van der Waals surface area (Å²) >= 11 is 5.68. The highest BCUT2D eigenvalue weighted by molar-refractivity contribution is 6.18. The first-order valence-electron chi connectivity index (χ1n) is 5.67. The van der Waals surface area contributed by atoms with Crippen LogP contribution in [0.5, 0.6) is 0 Å². The number of carbonyl (C=O) groups is 1. The van der Waals surface area contributed by atoms with Gasteiger partial charge in [-0.2, -0.15) is 0 Å². The van der Waals surface area contributed by atoms with Crippen molar-refractivity contribution in [3.05, 3.63) is 0 Å². The van der Waals surface area contributed by atoms with Crippen molar-refractivity contribution in [3.8, 4) is 0 Å².